The van der Waals surface area contributed by atoms with E-state index in [4.69, 9.17) is 0 Å². The standard InChI is InChI=1S/C19H17F2N3O3/c1-2-9-23-18(26)13-5-3-4-6-16(13)24(19(23)27)11-17(25)22-15-10-12(20)7-8-14(15)21/h3-8,10H,2,9,11H2,1H3,(H,22,25). The fourth-order valence-electron chi connectivity index (χ4n) is 2.87. The summed E-state index contributed by atoms with van der Waals surface area (Å²) >= 11 is 0. The molecule has 0 unspecified atom stereocenters. The van der Waals surface area contributed by atoms with E-state index in [0.29, 0.717) is 17.3 Å². The fourth-order valence-corrected chi connectivity index (χ4v) is 2.87. The van der Waals surface area contributed by atoms with Crippen LogP contribution in [-0.2, 0) is 17.9 Å². The second-order valence-corrected chi connectivity index (χ2v) is 6.02. The number of benzene rings is 2. The molecule has 140 valence electrons. The van der Waals surface area contributed by atoms with Gasteiger partial charge < -0.3 is 5.32 Å². The first kappa shape index (κ1) is 18.5. The van der Waals surface area contributed by atoms with Crippen molar-refractivity contribution in [2.75, 3.05) is 5.32 Å². The molecule has 0 radical (unpaired) electrons. The van der Waals surface area contributed by atoms with Gasteiger partial charge in [-0.25, -0.2) is 13.6 Å². The molecular formula is C19H17F2N3O3. The molecule has 0 aliphatic heterocycles. The number of fused-ring (bicyclic) bond motifs is 1. The van der Waals surface area contributed by atoms with Crippen molar-refractivity contribution in [3.63, 3.8) is 0 Å². The van der Waals surface area contributed by atoms with Crippen LogP contribution in [0.25, 0.3) is 10.9 Å². The summed E-state index contributed by atoms with van der Waals surface area (Å²) < 4.78 is 29.2. The van der Waals surface area contributed by atoms with E-state index in [9.17, 15) is 23.2 Å². The third-order valence-corrected chi connectivity index (χ3v) is 4.08. The molecule has 1 amide bonds. The van der Waals surface area contributed by atoms with Crippen LogP contribution >= 0.6 is 0 Å². The topological polar surface area (TPSA) is 73.1 Å². The molecule has 3 rings (SSSR count). The Balaban J connectivity index is 2.03. The first-order valence-electron chi connectivity index (χ1n) is 8.39. The summed E-state index contributed by atoms with van der Waals surface area (Å²) in [5.74, 6) is -2.21. The zero-order valence-corrected chi connectivity index (χ0v) is 14.5. The van der Waals surface area contributed by atoms with Gasteiger partial charge in [0, 0.05) is 12.6 Å². The zero-order chi connectivity index (χ0) is 19.6. The van der Waals surface area contributed by atoms with Gasteiger partial charge in [-0.05, 0) is 30.7 Å². The number of halogens is 2. The first-order chi connectivity index (χ1) is 12.9. The maximum atomic E-state index is 13.7. The molecule has 0 atom stereocenters. The molecule has 2 aromatic carbocycles. The van der Waals surface area contributed by atoms with Gasteiger partial charge in [0.15, 0.2) is 0 Å². The van der Waals surface area contributed by atoms with Crippen LogP contribution < -0.4 is 16.6 Å². The average Bonchev–Trinajstić information content (AvgIpc) is 2.65. The summed E-state index contributed by atoms with van der Waals surface area (Å²) in [4.78, 5) is 37.6. The van der Waals surface area contributed by atoms with E-state index in [0.717, 1.165) is 27.3 Å². The maximum absolute atomic E-state index is 13.7. The molecule has 27 heavy (non-hydrogen) atoms. The number of aromatic nitrogens is 2. The lowest BCUT2D eigenvalue weighted by Gasteiger charge is -2.14. The van der Waals surface area contributed by atoms with Gasteiger partial charge >= 0.3 is 5.69 Å². The highest BCUT2D eigenvalue weighted by Gasteiger charge is 2.16. The number of nitrogens with zero attached hydrogens (tertiary/aromatic N) is 2. The number of amides is 1. The van der Waals surface area contributed by atoms with Crippen molar-refractivity contribution in [3.05, 3.63) is 74.9 Å². The highest BCUT2D eigenvalue weighted by Crippen LogP contribution is 2.15. The lowest BCUT2D eigenvalue weighted by atomic mass is 10.2. The number of hydrogen-bond donors (Lipinski definition) is 1. The maximum Gasteiger partial charge on any atom is 0.331 e. The molecule has 0 aliphatic rings. The molecule has 3 aromatic rings. The van der Waals surface area contributed by atoms with E-state index in [2.05, 4.69) is 5.32 Å². The highest BCUT2D eigenvalue weighted by atomic mass is 19.1. The number of carbonyl (C=O) groups is 1. The largest absolute Gasteiger partial charge is 0.331 e. The molecule has 1 heterocycles. The SMILES string of the molecule is CCCn1c(=O)c2ccccc2n(CC(=O)Nc2cc(F)ccc2F)c1=O. The monoisotopic (exact) mass is 373 g/mol. The van der Waals surface area contributed by atoms with Crippen LogP contribution in [0.1, 0.15) is 13.3 Å². The van der Waals surface area contributed by atoms with Crippen LogP contribution in [0.15, 0.2) is 52.1 Å². The predicted octanol–water partition coefficient (Wildman–Crippen LogP) is 2.49. The van der Waals surface area contributed by atoms with Gasteiger partial charge in [-0.3, -0.25) is 18.7 Å². The van der Waals surface area contributed by atoms with Crippen LogP contribution in [0.2, 0.25) is 0 Å². The fraction of sp³-hybridized carbons (Fsp3) is 0.211. The van der Waals surface area contributed by atoms with Crippen molar-refractivity contribution in [1.82, 2.24) is 9.13 Å². The number of hydrogen-bond acceptors (Lipinski definition) is 3. The summed E-state index contributed by atoms with van der Waals surface area (Å²) in [7, 11) is 0. The van der Waals surface area contributed by atoms with Gasteiger partial charge in [0.05, 0.1) is 16.6 Å². The van der Waals surface area contributed by atoms with Crippen molar-refractivity contribution in [2.24, 2.45) is 0 Å². The number of anilines is 1. The van der Waals surface area contributed by atoms with E-state index >= 15 is 0 Å². The summed E-state index contributed by atoms with van der Waals surface area (Å²) in [5.41, 5.74) is -1.07. The summed E-state index contributed by atoms with van der Waals surface area (Å²) in [6.45, 7) is 1.59. The van der Waals surface area contributed by atoms with E-state index < -0.39 is 35.3 Å². The molecule has 0 aliphatic carbocycles. The molecule has 0 saturated carbocycles. The van der Waals surface area contributed by atoms with Crippen LogP contribution in [0, 0.1) is 11.6 Å². The smallest absolute Gasteiger partial charge is 0.322 e. The Morgan fingerprint density at radius 3 is 2.56 bits per heavy atom. The van der Waals surface area contributed by atoms with Crippen LogP contribution in [0.3, 0.4) is 0 Å². The quantitative estimate of drug-likeness (QED) is 0.747. The number of carbonyl (C=O) groups excluding carboxylic acids is 1. The molecule has 1 N–H and O–H groups in total. The summed E-state index contributed by atoms with van der Waals surface area (Å²) in [6.07, 6.45) is 0.564. The van der Waals surface area contributed by atoms with Crippen molar-refractivity contribution in [2.45, 2.75) is 26.4 Å². The third-order valence-electron chi connectivity index (χ3n) is 4.08. The van der Waals surface area contributed by atoms with Gasteiger partial charge in [-0.2, -0.15) is 0 Å². The number of rotatable bonds is 5. The Labute approximate surface area is 152 Å². The Kier molecular flexibility index (Phi) is 5.16. The summed E-state index contributed by atoms with van der Waals surface area (Å²) in [5, 5.41) is 2.56. The minimum Gasteiger partial charge on any atom is -0.322 e. The van der Waals surface area contributed by atoms with E-state index in [1.807, 2.05) is 6.92 Å². The normalized spacial score (nSPS) is 10.9. The van der Waals surface area contributed by atoms with E-state index in [-0.39, 0.29) is 12.2 Å². The molecule has 0 spiro atoms. The second-order valence-electron chi connectivity index (χ2n) is 6.02. The second kappa shape index (κ2) is 7.53. The van der Waals surface area contributed by atoms with Gasteiger partial charge in [0.2, 0.25) is 5.91 Å². The van der Waals surface area contributed by atoms with Crippen molar-refractivity contribution >= 4 is 22.5 Å². The van der Waals surface area contributed by atoms with Crippen LogP contribution in [0.5, 0.6) is 0 Å². The average molecular weight is 373 g/mol. The first-order valence-corrected chi connectivity index (χ1v) is 8.39. The molecule has 1 aromatic heterocycles. The zero-order valence-electron chi connectivity index (χ0n) is 14.5. The minimum atomic E-state index is -0.794. The molecule has 0 fully saturated rings. The Hall–Kier alpha value is -3.29. The number of para-hydroxylation sites is 1. The van der Waals surface area contributed by atoms with Crippen LogP contribution in [-0.4, -0.2) is 15.0 Å². The van der Waals surface area contributed by atoms with Crippen molar-refractivity contribution in [1.29, 1.82) is 0 Å². The predicted molar refractivity (Wildman–Crippen MR) is 97.7 cm³/mol. The van der Waals surface area contributed by atoms with Crippen molar-refractivity contribution < 1.29 is 13.6 Å². The highest BCUT2D eigenvalue weighted by molar-refractivity contribution is 5.91. The van der Waals surface area contributed by atoms with Crippen LogP contribution in [0.4, 0.5) is 14.5 Å². The minimum absolute atomic E-state index is 0.211. The Bertz CT molecular complexity index is 1140. The Morgan fingerprint density at radius 1 is 1.07 bits per heavy atom. The van der Waals surface area contributed by atoms with Gasteiger partial charge in [-0.1, -0.05) is 19.1 Å². The lowest BCUT2D eigenvalue weighted by molar-refractivity contribution is -0.116. The van der Waals surface area contributed by atoms with Gasteiger partial charge in [0.25, 0.3) is 5.56 Å². The third kappa shape index (κ3) is 3.64. The van der Waals surface area contributed by atoms with E-state index in [1.54, 1.807) is 24.3 Å². The molecule has 0 bridgehead atoms. The summed E-state index contributed by atoms with van der Waals surface area (Å²) in [6, 6.07) is 9.13. The van der Waals surface area contributed by atoms with E-state index in [1.165, 1.54) is 0 Å². The molecule has 0 saturated heterocycles. The molecule has 8 heteroatoms. The lowest BCUT2D eigenvalue weighted by Crippen LogP contribution is -2.41. The number of nitrogens with one attached hydrogen (secondary N) is 1. The Morgan fingerprint density at radius 2 is 1.81 bits per heavy atom. The van der Waals surface area contributed by atoms with Gasteiger partial charge in [-0.15, -0.1) is 0 Å². The van der Waals surface area contributed by atoms with Gasteiger partial charge in [0.1, 0.15) is 18.2 Å². The van der Waals surface area contributed by atoms with Crippen molar-refractivity contribution in [3.8, 4) is 0 Å². The molecular weight excluding hydrogens is 356 g/mol. The molecule has 6 nitrogen and oxygen atoms in total.